The number of piperidine rings is 1. The van der Waals surface area contributed by atoms with Gasteiger partial charge >= 0.3 is 5.97 Å². The first kappa shape index (κ1) is 23.0. The Morgan fingerprint density at radius 3 is 2.56 bits per heavy atom. The smallest absolute Gasteiger partial charge is 0.309 e. The molecular formula is C22H27N5O5. The number of esters is 1. The number of carbonyl (C=O) groups is 3. The highest BCUT2D eigenvalue weighted by Crippen LogP contribution is 2.21. The number of carbonyl (C=O) groups excluding carboxylic acids is 3. The van der Waals surface area contributed by atoms with E-state index in [1.165, 1.54) is 19.1 Å². The average molecular weight is 441 g/mol. The molecule has 1 aromatic carbocycles. The van der Waals surface area contributed by atoms with Crippen LogP contribution in [0, 0.1) is 5.92 Å². The normalized spacial score (nSPS) is 13.9. The summed E-state index contributed by atoms with van der Waals surface area (Å²) < 4.78 is 10.3. The number of methoxy groups -OCH3 is 1. The van der Waals surface area contributed by atoms with Gasteiger partial charge in [0.2, 0.25) is 11.9 Å². The first-order valence-electron chi connectivity index (χ1n) is 10.3. The summed E-state index contributed by atoms with van der Waals surface area (Å²) in [5, 5.41) is 2.70. The maximum atomic E-state index is 12.4. The number of amides is 2. The fourth-order valence-corrected chi connectivity index (χ4v) is 3.34. The minimum atomic E-state index is -0.450. The summed E-state index contributed by atoms with van der Waals surface area (Å²) in [6.07, 6.45) is 4.57. The summed E-state index contributed by atoms with van der Waals surface area (Å²) in [7, 11) is 3.02. The van der Waals surface area contributed by atoms with Gasteiger partial charge in [-0.25, -0.2) is 9.97 Å². The summed E-state index contributed by atoms with van der Waals surface area (Å²) >= 11 is 0. The molecule has 0 bridgehead atoms. The Hall–Kier alpha value is -3.69. The van der Waals surface area contributed by atoms with Gasteiger partial charge in [0, 0.05) is 44.3 Å². The maximum Gasteiger partial charge on any atom is 0.309 e. The van der Waals surface area contributed by atoms with E-state index in [1.54, 1.807) is 42.7 Å². The van der Waals surface area contributed by atoms with Crippen LogP contribution < -0.4 is 15.0 Å². The second-order valence-electron chi connectivity index (χ2n) is 7.45. The van der Waals surface area contributed by atoms with Gasteiger partial charge in [0.15, 0.2) is 6.61 Å². The largest absolute Gasteiger partial charge is 0.497 e. The van der Waals surface area contributed by atoms with Crippen LogP contribution in [0.15, 0.2) is 42.7 Å². The molecule has 1 N–H and O–H groups in total. The van der Waals surface area contributed by atoms with Gasteiger partial charge in [0.25, 0.3) is 5.91 Å². The number of nitrogens with one attached hydrogen (secondary N) is 1. The summed E-state index contributed by atoms with van der Waals surface area (Å²) in [5.74, 6) is -0.236. The molecule has 2 aromatic rings. The molecule has 0 aliphatic carbocycles. The Bertz CT molecular complexity index is 931. The second-order valence-corrected chi connectivity index (χ2v) is 7.45. The van der Waals surface area contributed by atoms with Gasteiger partial charge in [-0.2, -0.15) is 0 Å². The lowest BCUT2D eigenvalue weighted by atomic mass is 9.97. The van der Waals surface area contributed by atoms with Crippen molar-refractivity contribution in [3.63, 3.8) is 0 Å². The van der Waals surface area contributed by atoms with Crippen LogP contribution in [0.25, 0.3) is 0 Å². The Labute approximate surface area is 186 Å². The molecule has 0 unspecified atom stereocenters. The van der Waals surface area contributed by atoms with Crippen molar-refractivity contribution in [3.8, 4) is 5.75 Å². The quantitative estimate of drug-likeness (QED) is 0.611. The Morgan fingerprint density at radius 1 is 1.16 bits per heavy atom. The summed E-state index contributed by atoms with van der Waals surface area (Å²) in [5.41, 5.74) is 0.564. The molecule has 1 fully saturated rings. The third-order valence-corrected chi connectivity index (χ3v) is 5.16. The lowest BCUT2D eigenvalue weighted by Crippen LogP contribution is -2.40. The van der Waals surface area contributed by atoms with Gasteiger partial charge < -0.3 is 24.6 Å². The highest BCUT2D eigenvalue weighted by Gasteiger charge is 2.28. The second kappa shape index (κ2) is 11.1. The molecule has 32 heavy (non-hydrogen) atoms. The van der Waals surface area contributed by atoms with Crippen LogP contribution in [-0.4, -0.2) is 73.1 Å². The highest BCUT2D eigenvalue weighted by atomic mass is 16.5. The molecule has 0 radical (unpaired) electrons. The van der Waals surface area contributed by atoms with Crippen molar-refractivity contribution in [1.82, 2.24) is 14.9 Å². The van der Waals surface area contributed by atoms with Crippen molar-refractivity contribution in [2.75, 3.05) is 50.6 Å². The van der Waals surface area contributed by atoms with Crippen LogP contribution >= 0.6 is 0 Å². The summed E-state index contributed by atoms with van der Waals surface area (Å²) in [6.45, 7) is 0.719. The molecule has 3 rings (SSSR count). The Kier molecular flexibility index (Phi) is 7.96. The van der Waals surface area contributed by atoms with Gasteiger partial charge in [-0.05, 0) is 31.0 Å². The van der Waals surface area contributed by atoms with Crippen LogP contribution in [0.4, 0.5) is 11.6 Å². The van der Waals surface area contributed by atoms with Gasteiger partial charge in [-0.1, -0.05) is 6.07 Å². The van der Waals surface area contributed by atoms with Crippen molar-refractivity contribution in [2.45, 2.75) is 12.8 Å². The van der Waals surface area contributed by atoms with Crippen LogP contribution in [-0.2, 0) is 19.1 Å². The number of likely N-dealkylation sites (N-methyl/N-ethyl adjacent to an activating group) is 1. The topological polar surface area (TPSA) is 114 Å². The van der Waals surface area contributed by atoms with E-state index in [4.69, 9.17) is 9.47 Å². The van der Waals surface area contributed by atoms with E-state index >= 15 is 0 Å². The fraction of sp³-hybridized carbons (Fsp3) is 0.409. The number of nitrogens with zero attached hydrogens (tertiary/aromatic N) is 4. The fourth-order valence-electron chi connectivity index (χ4n) is 3.34. The summed E-state index contributed by atoms with van der Waals surface area (Å²) in [4.78, 5) is 48.5. The maximum absolute atomic E-state index is 12.4. The van der Waals surface area contributed by atoms with E-state index in [1.807, 2.05) is 4.90 Å². The standard InChI is InChI=1S/C22H27N5O5/c1-26(14-19(28)25-17-5-3-6-18(13-17)31-2)20(29)15-32-21(30)16-7-11-27(12-8-16)22-23-9-4-10-24-22/h3-6,9-10,13,16H,7-8,11-12,14-15H2,1-2H3,(H,25,28). The Morgan fingerprint density at radius 2 is 1.88 bits per heavy atom. The molecule has 1 aliphatic rings. The van der Waals surface area contributed by atoms with Crippen LogP contribution in [0.2, 0.25) is 0 Å². The van der Waals surface area contributed by atoms with Gasteiger partial charge in [0.1, 0.15) is 5.75 Å². The zero-order chi connectivity index (χ0) is 22.9. The molecule has 2 amide bonds. The van der Waals surface area contributed by atoms with Crippen molar-refractivity contribution in [3.05, 3.63) is 42.7 Å². The van der Waals surface area contributed by atoms with Crippen LogP contribution in [0.1, 0.15) is 12.8 Å². The van der Waals surface area contributed by atoms with E-state index in [9.17, 15) is 14.4 Å². The molecule has 1 aliphatic heterocycles. The monoisotopic (exact) mass is 441 g/mol. The van der Waals surface area contributed by atoms with Gasteiger partial charge in [0.05, 0.1) is 19.6 Å². The Balaban J connectivity index is 1.39. The van der Waals surface area contributed by atoms with E-state index in [2.05, 4.69) is 15.3 Å². The van der Waals surface area contributed by atoms with Crippen LogP contribution in [0.3, 0.4) is 0 Å². The molecule has 0 saturated carbocycles. The lowest BCUT2D eigenvalue weighted by molar-refractivity contribution is -0.155. The highest BCUT2D eigenvalue weighted by molar-refractivity contribution is 5.95. The lowest BCUT2D eigenvalue weighted by Gasteiger charge is -2.30. The number of hydrogen-bond donors (Lipinski definition) is 1. The van der Waals surface area contributed by atoms with Crippen molar-refractivity contribution in [2.24, 2.45) is 5.92 Å². The number of hydrogen-bond acceptors (Lipinski definition) is 8. The first-order valence-corrected chi connectivity index (χ1v) is 10.3. The zero-order valence-corrected chi connectivity index (χ0v) is 18.2. The molecule has 10 nitrogen and oxygen atoms in total. The molecule has 10 heteroatoms. The minimum absolute atomic E-state index is 0.164. The minimum Gasteiger partial charge on any atom is -0.497 e. The SMILES string of the molecule is COc1cccc(NC(=O)CN(C)C(=O)COC(=O)C2CCN(c3ncccn3)CC2)c1. The predicted octanol–water partition coefficient (Wildman–Crippen LogP) is 1.34. The van der Waals surface area contributed by atoms with Gasteiger partial charge in [-0.3, -0.25) is 14.4 Å². The number of anilines is 2. The van der Waals surface area contributed by atoms with Gasteiger partial charge in [-0.15, -0.1) is 0 Å². The molecule has 1 saturated heterocycles. The third-order valence-electron chi connectivity index (χ3n) is 5.16. The van der Waals surface area contributed by atoms with E-state index in [0.717, 1.165) is 0 Å². The van der Waals surface area contributed by atoms with Crippen molar-refractivity contribution < 1.29 is 23.9 Å². The van der Waals surface area contributed by atoms with E-state index in [0.29, 0.717) is 43.3 Å². The predicted molar refractivity (Wildman–Crippen MR) is 117 cm³/mol. The average Bonchev–Trinajstić information content (AvgIpc) is 2.83. The van der Waals surface area contributed by atoms with E-state index < -0.39 is 18.5 Å². The third kappa shape index (κ3) is 6.40. The molecule has 1 aromatic heterocycles. The van der Waals surface area contributed by atoms with E-state index in [-0.39, 0.29) is 18.4 Å². The molecular weight excluding hydrogens is 414 g/mol. The van der Waals surface area contributed by atoms with Crippen molar-refractivity contribution >= 4 is 29.4 Å². The zero-order valence-electron chi connectivity index (χ0n) is 18.2. The van der Waals surface area contributed by atoms with Crippen molar-refractivity contribution in [1.29, 1.82) is 0 Å². The summed E-state index contributed by atoms with van der Waals surface area (Å²) in [6, 6.07) is 8.67. The number of aromatic nitrogens is 2. The molecule has 0 spiro atoms. The molecule has 0 atom stereocenters. The molecule has 170 valence electrons. The molecule has 2 heterocycles. The number of ether oxygens (including phenoxy) is 2. The first-order chi connectivity index (χ1) is 15.5. The number of rotatable bonds is 8. The van der Waals surface area contributed by atoms with Crippen LogP contribution in [0.5, 0.6) is 5.75 Å². The number of benzene rings is 1.